The lowest BCUT2D eigenvalue weighted by molar-refractivity contribution is 1.23. The molecule has 3 heteroatoms. The third kappa shape index (κ3) is 4.11. The van der Waals surface area contributed by atoms with E-state index in [1.807, 2.05) is 42.6 Å². The number of rotatable bonds is 4. The van der Waals surface area contributed by atoms with Crippen molar-refractivity contribution >= 4 is 32.6 Å². The van der Waals surface area contributed by atoms with Crippen LogP contribution in [0.25, 0.3) is 77.5 Å². The predicted octanol–water partition coefficient (Wildman–Crippen LogP) is 10.00. The molecule has 0 radical (unpaired) electrons. The van der Waals surface area contributed by atoms with E-state index in [0.717, 1.165) is 49.8 Å². The van der Waals surface area contributed by atoms with Crippen LogP contribution in [0.1, 0.15) is 0 Å². The van der Waals surface area contributed by atoms with Crippen LogP contribution >= 0.6 is 0 Å². The quantitative estimate of drug-likeness (QED) is 0.225. The Hall–Kier alpha value is -5.67. The average molecular weight is 536 g/mol. The first kappa shape index (κ1) is 24.2. The molecule has 0 aliphatic rings. The second kappa shape index (κ2) is 10.1. The molecule has 0 fully saturated rings. The van der Waals surface area contributed by atoms with E-state index < -0.39 is 0 Å². The molecule has 0 saturated heterocycles. The first-order valence-corrected chi connectivity index (χ1v) is 14.1. The van der Waals surface area contributed by atoms with Gasteiger partial charge < -0.3 is 0 Å². The second-order valence-corrected chi connectivity index (χ2v) is 10.5. The van der Waals surface area contributed by atoms with Crippen molar-refractivity contribution in [3.8, 4) is 44.9 Å². The number of benzene rings is 6. The molecule has 0 saturated carbocycles. The molecule has 0 N–H and O–H groups in total. The molecule has 3 nitrogen and oxygen atoms in total. The molecule has 0 atom stereocenters. The highest BCUT2D eigenvalue weighted by atomic mass is 14.9. The van der Waals surface area contributed by atoms with Gasteiger partial charge in [0.15, 0.2) is 5.82 Å². The minimum Gasteiger partial charge on any atom is -0.256 e. The van der Waals surface area contributed by atoms with Crippen molar-refractivity contribution in [2.45, 2.75) is 0 Å². The molecule has 0 unspecified atom stereocenters. The molecule has 0 amide bonds. The topological polar surface area (TPSA) is 38.7 Å². The number of para-hydroxylation sites is 1. The summed E-state index contributed by atoms with van der Waals surface area (Å²) in [6.07, 6.45) is 1.87. The van der Waals surface area contributed by atoms with E-state index in [9.17, 15) is 0 Å². The van der Waals surface area contributed by atoms with Crippen LogP contribution in [0.4, 0.5) is 0 Å². The number of pyridine rings is 1. The first-order chi connectivity index (χ1) is 20.8. The highest BCUT2D eigenvalue weighted by Gasteiger charge is 2.17. The summed E-state index contributed by atoms with van der Waals surface area (Å²) in [6, 6.07) is 50.8. The van der Waals surface area contributed by atoms with Gasteiger partial charge in [0.2, 0.25) is 0 Å². The molecule has 0 bridgehead atoms. The van der Waals surface area contributed by atoms with Crippen LogP contribution in [0.3, 0.4) is 0 Å². The summed E-state index contributed by atoms with van der Waals surface area (Å²) in [5, 5.41) is 4.55. The summed E-state index contributed by atoms with van der Waals surface area (Å²) in [4.78, 5) is 15.0. The second-order valence-electron chi connectivity index (χ2n) is 10.5. The summed E-state index contributed by atoms with van der Waals surface area (Å²) in [6.45, 7) is 0. The molecule has 0 spiro atoms. The van der Waals surface area contributed by atoms with E-state index in [1.165, 1.54) is 21.9 Å². The molecule has 8 aromatic rings. The maximum atomic E-state index is 5.14. The van der Waals surface area contributed by atoms with Crippen LogP contribution in [0, 0.1) is 0 Å². The van der Waals surface area contributed by atoms with Crippen LogP contribution in [0.2, 0.25) is 0 Å². The van der Waals surface area contributed by atoms with Gasteiger partial charge in [0, 0.05) is 28.1 Å². The molecular formula is C39H25N3. The van der Waals surface area contributed by atoms with Gasteiger partial charge in [0.1, 0.15) is 0 Å². The van der Waals surface area contributed by atoms with E-state index in [4.69, 9.17) is 15.0 Å². The fourth-order valence-corrected chi connectivity index (χ4v) is 5.94. The minimum atomic E-state index is 0.708. The van der Waals surface area contributed by atoms with Crippen LogP contribution in [-0.4, -0.2) is 15.0 Å². The molecule has 8 rings (SSSR count). The summed E-state index contributed by atoms with van der Waals surface area (Å²) in [5.41, 5.74) is 9.44. The Kier molecular flexibility index (Phi) is 5.79. The standard InChI is InChI=1S/C39H25N3/c1-3-12-26(13-4-1)35-25-29(24-28-16-7-8-17-30(28)35)31-21-22-34(37-32(31)19-11-23-40-37)38-33-18-9-10-20-36(33)41-39(42-38)27-14-5-2-6-15-27/h1-25H. The zero-order chi connectivity index (χ0) is 27.9. The third-order valence-electron chi connectivity index (χ3n) is 7.92. The molecular weight excluding hydrogens is 510 g/mol. The normalized spacial score (nSPS) is 11.3. The third-order valence-corrected chi connectivity index (χ3v) is 7.92. The van der Waals surface area contributed by atoms with Crippen molar-refractivity contribution in [1.29, 1.82) is 0 Å². The van der Waals surface area contributed by atoms with Gasteiger partial charge in [-0.2, -0.15) is 0 Å². The Bertz CT molecular complexity index is 2240. The Morgan fingerprint density at radius 2 is 1.07 bits per heavy atom. The molecule has 0 aliphatic heterocycles. The first-order valence-electron chi connectivity index (χ1n) is 14.1. The average Bonchev–Trinajstić information content (AvgIpc) is 3.07. The molecule has 196 valence electrons. The summed E-state index contributed by atoms with van der Waals surface area (Å²) in [5.74, 6) is 0.708. The fourth-order valence-electron chi connectivity index (χ4n) is 5.94. The molecule has 0 aliphatic carbocycles. The van der Waals surface area contributed by atoms with Crippen molar-refractivity contribution in [3.63, 3.8) is 0 Å². The van der Waals surface area contributed by atoms with Gasteiger partial charge in [-0.1, -0.05) is 115 Å². The van der Waals surface area contributed by atoms with Crippen LogP contribution < -0.4 is 0 Å². The van der Waals surface area contributed by atoms with Crippen molar-refractivity contribution in [2.75, 3.05) is 0 Å². The highest BCUT2D eigenvalue weighted by molar-refractivity contribution is 6.08. The van der Waals surface area contributed by atoms with Gasteiger partial charge in [0.05, 0.1) is 16.7 Å². The number of hydrogen-bond donors (Lipinski definition) is 0. The van der Waals surface area contributed by atoms with E-state index in [0.29, 0.717) is 5.82 Å². The molecule has 6 aromatic carbocycles. The number of aromatic nitrogens is 3. The predicted molar refractivity (Wildman–Crippen MR) is 174 cm³/mol. The number of hydrogen-bond acceptors (Lipinski definition) is 3. The van der Waals surface area contributed by atoms with E-state index in [2.05, 4.69) is 109 Å². The van der Waals surface area contributed by atoms with Gasteiger partial charge in [0.25, 0.3) is 0 Å². The Balaban J connectivity index is 1.38. The van der Waals surface area contributed by atoms with Gasteiger partial charge >= 0.3 is 0 Å². The smallest absolute Gasteiger partial charge is 0.160 e. The zero-order valence-corrected chi connectivity index (χ0v) is 22.8. The lowest BCUT2D eigenvalue weighted by Gasteiger charge is -2.15. The SMILES string of the molecule is c1ccc(-c2nc(-c3ccc(-c4cc(-c5ccccc5)c5ccccc5c4)c4cccnc34)c3ccccc3n2)cc1. The van der Waals surface area contributed by atoms with E-state index >= 15 is 0 Å². The lowest BCUT2D eigenvalue weighted by atomic mass is 9.90. The van der Waals surface area contributed by atoms with Crippen LogP contribution in [0.15, 0.2) is 152 Å². The maximum Gasteiger partial charge on any atom is 0.160 e. The Morgan fingerprint density at radius 3 is 1.90 bits per heavy atom. The summed E-state index contributed by atoms with van der Waals surface area (Å²) < 4.78 is 0. The highest BCUT2D eigenvalue weighted by Crippen LogP contribution is 2.40. The summed E-state index contributed by atoms with van der Waals surface area (Å²) in [7, 11) is 0. The van der Waals surface area contributed by atoms with Gasteiger partial charge in [-0.05, 0) is 63.4 Å². The van der Waals surface area contributed by atoms with Crippen molar-refractivity contribution in [3.05, 3.63) is 152 Å². The number of nitrogens with zero attached hydrogens (tertiary/aromatic N) is 3. The minimum absolute atomic E-state index is 0.708. The molecule has 2 heterocycles. The fraction of sp³-hybridized carbons (Fsp3) is 0. The largest absolute Gasteiger partial charge is 0.256 e. The van der Waals surface area contributed by atoms with E-state index in [-0.39, 0.29) is 0 Å². The Morgan fingerprint density at radius 1 is 0.405 bits per heavy atom. The Labute approximate surface area is 243 Å². The number of fused-ring (bicyclic) bond motifs is 3. The van der Waals surface area contributed by atoms with E-state index in [1.54, 1.807) is 0 Å². The molecule has 2 aromatic heterocycles. The van der Waals surface area contributed by atoms with Crippen LogP contribution in [0.5, 0.6) is 0 Å². The van der Waals surface area contributed by atoms with Crippen molar-refractivity contribution in [1.82, 2.24) is 15.0 Å². The maximum absolute atomic E-state index is 5.14. The lowest BCUT2D eigenvalue weighted by Crippen LogP contribution is -1.97. The summed E-state index contributed by atoms with van der Waals surface area (Å²) >= 11 is 0. The van der Waals surface area contributed by atoms with Crippen molar-refractivity contribution in [2.24, 2.45) is 0 Å². The van der Waals surface area contributed by atoms with Gasteiger partial charge in [-0.15, -0.1) is 0 Å². The van der Waals surface area contributed by atoms with Crippen molar-refractivity contribution < 1.29 is 0 Å². The van der Waals surface area contributed by atoms with Crippen LogP contribution in [-0.2, 0) is 0 Å². The zero-order valence-electron chi connectivity index (χ0n) is 22.8. The van der Waals surface area contributed by atoms with Gasteiger partial charge in [-0.25, -0.2) is 9.97 Å². The molecule has 42 heavy (non-hydrogen) atoms. The monoisotopic (exact) mass is 535 g/mol. The van der Waals surface area contributed by atoms with Gasteiger partial charge in [-0.3, -0.25) is 4.98 Å².